The summed E-state index contributed by atoms with van der Waals surface area (Å²) in [5.41, 5.74) is -0.0284. The average Bonchev–Trinajstić information content (AvgIpc) is 2.58. The van der Waals surface area contributed by atoms with Gasteiger partial charge in [-0.25, -0.2) is 4.79 Å². The second kappa shape index (κ2) is 7.15. The summed E-state index contributed by atoms with van der Waals surface area (Å²) in [6, 6.07) is 11.8. The van der Waals surface area contributed by atoms with Crippen LogP contribution >= 0.6 is 0 Å². The van der Waals surface area contributed by atoms with Crippen molar-refractivity contribution in [1.29, 1.82) is 5.26 Å². The minimum atomic E-state index is -0.593. The Hall–Kier alpha value is -2.85. The van der Waals surface area contributed by atoms with Crippen LogP contribution in [0.1, 0.15) is 17.2 Å². The SMILES string of the molecule is CN(C)[C@H](CNc1c(C#N)c(=O)n(C)c(=O)n1C)c1ccccc1. The van der Waals surface area contributed by atoms with E-state index in [4.69, 9.17) is 0 Å². The average molecular weight is 327 g/mol. The highest BCUT2D eigenvalue weighted by Gasteiger charge is 2.18. The van der Waals surface area contributed by atoms with Crippen molar-refractivity contribution in [2.45, 2.75) is 6.04 Å². The van der Waals surface area contributed by atoms with Gasteiger partial charge in [0, 0.05) is 20.6 Å². The van der Waals surface area contributed by atoms with Crippen LogP contribution < -0.4 is 16.6 Å². The minimum Gasteiger partial charge on any atom is -0.368 e. The van der Waals surface area contributed by atoms with Gasteiger partial charge in [-0.05, 0) is 19.7 Å². The number of anilines is 1. The second-order valence-corrected chi connectivity index (χ2v) is 5.81. The van der Waals surface area contributed by atoms with Crippen molar-refractivity contribution in [2.75, 3.05) is 26.0 Å². The maximum absolute atomic E-state index is 12.1. The van der Waals surface area contributed by atoms with E-state index in [1.54, 1.807) is 0 Å². The number of hydrogen-bond acceptors (Lipinski definition) is 5. The molecule has 0 amide bonds. The molecule has 1 N–H and O–H groups in total. The fourth-order valence-electron chi connectivity index (χ4n) is 2.62. The number of hydrogen-bond donors (Lipinski definition) is 1. The number of benzene rings is 1. The highest BCUT2D eigenvalue weighted by atomic mass is 16.2. The maximum Gasteiger partial charge on any atom is 0.332 e. The van der Waals surface area contributed by atoms with Crippen molar-refractivity contribution >= 4 is 5.82 Å². The van der Waals surface area contributed by atoms with Crippen molar-refractivity contribution in [3.05, 3.63) is 62.3 Å². The van der Waals surface area contributed by atoms with Crippen LogP contribution in [0.5, 0.6) is 0 Å². The van der Waals surface area contributed by atoms with Crippen molar-refractivity contribution in [3.8, 4) is 6.07 Å². The van der Waals surface area contributed by atoms with E-state index in [-0.39, 0.29) is 17.4 Å². The summed E-state index contributed by atoms with van der Waals surface area (Å²) in [5, 5.41) is 12.4. The molecule has 0 unspecified atom stereocenters. The molecule has 2 rings (SSSR count). The van der Waals surface area contributed by atoms with E-state index in [9.17, 15) is 14.9 Å². The number of aromatic nitrogens is 2. The number of nitrogens with one attached hydrogen (secondary N) is 1. The van der Waals surface area contributed by atoms with Gasteiger partial charge >= 0.3 is 5.69 Å². The molecule has 0 saturated carbocycles. The van der Waals surface area contributed by atoms with Gasteiger partial charge < -0.3 is 10.2 Å². The zero-order valence-electron chi connectivity index (χ0n) is 14.3. The molecule has 7 nitrogen and oxygen atoms in total. The molecule has 126 valence electrons. The lowest BCUT2D eigenvalue weighted by molar-refractivity contribution is 0.311. The first-order chi connectivity index (χ1) is 11.4. The third-order valence-electron chi connectivity index (χ3n) is 4.05. The molecule has 0 radical (unpaired) electrons. The molecule has 1 atom stereocenters. The van der Waals surface area contributed by atoms with E-state index in [0.717, 1.165) is 10.1 Å². The first-order valence-corrected chi connectivity index (χ1v) is 7.53. The first kappa shape index (κ1) is 17.5. The molecule has 0 spiro atoms. The van der Waals surface area contributed by atoms with Crippen molar-refractivity contribution < 1.29 is 0 Å². The summed E-state index contributed by atoms with van der Waals surface area (Å²) in [6.45, 7) is 0.451. The molecule has 0 aliphatic heterocycles. The topological polar surface area (TPSA) is 83.1 Å². The Balaban J connectivity index is 2.40. The van der Waals surface area contributed by atoms with E-state index in [2.05, 4.69) is 5.32 Å². The second-order valence-electron chi connectivity index (χ2n) is 5.81. The minimum absolute atomic E-state index is 0.0249. The predicted molar refractivity (Wildman–Crippen MR) is 93.0 cm³/mol. The molecule has 1 aromatic carbocycles. The number of rotatable bonds is 5. The van der Waals surface area contributed by atoms with E-state index in [1.165, 1.54) is 18.7 Å². The lowest BCUT2D eigenvalue weighted by atomic mass is 10.1. The Bertz CT molecular complexity index is 875. The highest BCUT2D eigenvalue weighted by Crippen LogP contribution is 2.19. The normalized spacial score (nSPS) is 12.0. The monoisotopic (exact) mass is 327 g/mol. The molecular formula is C17H21N5O2. The lowest BCUT2D eigenvalue weighted by Gasteiger charge is -2.26. The van der Waals surface area contributed by atoms with Gasteiger partial charge in [-0.3, -0.25) is 13.9 Å². The predicted octanol–water partition coefficient (Wildman–Crippen LogP) is 0.670. The van der Waals surface area contributed by atoms with E-state index in [0.29, 0.717) is 6.54 Å². The van der Waals surface area contributed by atoms with Gasteiger partial charge in [-0.2, -0.15) is 5.26 Å². The van der Waals surface area contributed by atoms with Crippen molar-refractivity contribution in [3.63, 3.8) is 0 Å². The summed E-state index contributed by atoms with van der Waals surface area (Å²) < 4.78 is 2.22. The largest absolute Gasteiger partial charge is 0.368 e. The van der Waals surface area contributed by atoms with Crippen LogP contribution in [-0.2, 0) is 14.1 Å². The molecule has 0 bridgehead atoms. The van der Waals surface area contributed by atoms with E-state index in [1.807, 2.05) is 55.4 Å². The van der Waals surface area contributed by atoms with Crippen LogP contribution in [0.25, 0.3) is 0 Å². The molecule has 0 saturated heterocycles. The van der Waals surface area contributed by atoms with Gasteiger partial charge in [0.25, 0.3) is 5.56 Å². The summed E-state index contributed by atoms with van der Waals surface area (Å²) in [6.07, 6.45) is 0. The number of nitrogens with zero attached hydrogens (tertiary/aromatic N) is 4. The molecule has 7 heteroatoms. The van der Waals surface area contributed by atoms with Crippen molar-refractivity contribution in [2.24, 2.45) is 14.1 Å². The lowest BCUT2D eigenvalue weighted by Crippen LogP contribution is -2.40. The highest BCUT2D eigenvalue weighted by molar-refractivity contribution is 5.51. The standard InChI is InChI=1S/C17H21N5O2/c1-20(2)14(12-8-6-5-7-9-12)11-19-15-13(10-18)16(23)22(4)17(24)21(15)3/h5-9,14,19H,11H2,1-4H3/t14-/m1/s1. The smallest absolute Gasteiger partial charge is 0.332 e. The summed E-state index contributed by atoms with van der Waals surface area (Å²) >= 11 is 0. The van der Waals surface area contributed by atoms with Gasteiger partial charge in [0.1, 0.15) is 11.9 Å². The van der Waals surface area contributed by atoms with Crippen LogP contribution in [-0.4, -0.2) is 34.7 Å². The maximum atomic E-state index is 12.1. The summed E-state index contributed by atoms with van der Waals surface area (Å²) in [4.78, 5) is 26.2. The Kier molecular flexibility index (Phi) is 5.21. The zero-order valence-corrected chi connectivity index (χ0v) is 14.3. The molecular weight excluding hydrogens is 306 g/mol. The van der Waals surface area contributed by atoms with E-state index < -0.39 is 11.2 Å². The molecule has 2 aromatic rings. The molecule has 1 heterocycles. The Morgan fingerprint density at radius 2 is 1.79 bits per heavy atom. The van der Waals surface area contributed by atoms with Gasteiger partial charge in [0.2, 0.25) is 0 Å². The van der Waals surface area contributed by atoms with Crippen LogP contribution in [0, 0.1) is 11.3 Å². The summed E-state index contributed by atoms with van der Waals surface area (Å²) in [5.74, 6) is 0.244. The van der Waals surface area contributed by atoms with Crippen LogP contribution in [0.15, 0.2) is 39.9 Å². The molecule has 0 aliphatic carbocycles. The third-order valence-corrected chi connectivity index (χ3v) is 4.05. The van der Waals surface area contributed by atoms with Gasteiger partial charge in [-0.1, -0.05) is 30.3 Å². The van der Waals surface area contributed by atoms with E-state index >= 15 is 0 Å². The van der Waals surface area contributed by atoms with Gasteiger partial charge in [-0.15, -0.1) is 0 Å². The Labute approximate surface area is 140 Å². The molecule has 0 aliphatic rings. The van der Waals surface area contributed by atoms with Gasteiger partial charge in [0.15, 0.2) is 5.56 Å². The molecule has 0 fully saturated rings. The Morgan fingerprint density at radius 3 is 2.33 bits per heavy atom. The first-order valence-electron chi connectivity index (χ1n) is 7.53. The third kappa shape index (κ3) is 3.24. The zero-order chi connectivity index (χ0) is 17.9. The van der Waals surface area contributed by atoms with Crippen LogP contribution in [0.3, 0.4) is 0 Å². The summed E-state index contributed by atoms with van der Waals surface area (Å²) in [7, 11) is 6.81. The molecule has 24 heavy (non-hydrogen) atoms. The number of nitriles is 1. The fourth-order valence-corrected chi connectivity index (χ4v) is 2.62. The van der Waals surface area contributed by atoms with Crippen LogP contribution in [0.2, 0.25) is 0 Å². The quantitative estimate of drug-likeness (QED) is 0.873. The van der Waals surface area contributed by atoms with Gasteiger partial charge in [0.05, 0.1) is 6.04 Å². The fraction of sp³-hybridized carbons (Fsp3) is 0.353. The molecule has 1 aromatic heterocycles. The Morgan fingerprint density at radius 1 is 1.17 bits per heavy atom. The number of likely N-dealkylation sites (N-methyl/N-ethyl adjacent to an activating group) is 1. The van der Waals surface area contributed by atoms with Crippen LogP contribution in [0.4, 0.5) is 5.82 Å². The van der Waals surface area contributed by atoms with Crippen molar-refractivity contribution in [1.82, 2.24) is 14.0 Å².